The second kappa shape index (κ2) is 15.9. The van der Waals surface area contributed by atoms with Crippen LogP contribution in [0, 0.1) is 17.8 Å². The molecule has 4 heterocycles. The number of alkyl carbamates (subject to hydrolysis) is 1. The molecule has 5 aliphatic rings. The molecule has 0 radical (unpaired) electrons. The highest BCUT2D eigenvalue weighted by molar-refractivity contribution is 6.08. The van der Waals surface area contributed by atoms with Crippen molar-refractivity contribution >= 4 is 67.8 Å². The van der Waals surface area contributed by atoms with E-state index in [9.17, 15) is 19.2 Å². The molecular weight excluding hydrogens is 803 g/mol. The van der Waals surface area contributed by atoms with Gasteiger partial charge in [0.1, 0.15) is 17.9 Å². The number of benzene rings is 5. The summed E-state index contributed by atoms with van der Waals surface area (Å²) < 4.78 is 4.81. The minimum Gasteiger partial charge on any atom is -0.453 e. The third kappa shape index (κ3) is 6.98. The van der Waals surface area contributed by atoms with Gasteiger partial charge in [0.05, 0.1) is 35.9 Å². The van der Waals surface area contributed by atoms with Crippen molar-refractivity contribution in [3.05, 3.63) is 108 Å². The Balaban J connectivity index is 0.838. The summed E-state index contributed by atoms with van der Waals surface area (Å²) in [6, 6.07) is 29.8. The van der Waals surface area contributed by atoms with Gasteiger partial charge in [0, 0.05) is 36.0 Å². The molecule has 4 fully saturated rings. The second-order valence-electron chi connectivity index (χ2n) is 18.9. The number of hydrogen-bond acceptors (Lipinski definition) is 7. The van der Waals surface area contributed by atoms with Crippen LogP contribution < -0.4 is 10.6 Å². The van der Waals surface area contributed by atoms with Crippen LogP contribution in [0.2, 0.25) is 0 Å². The molecular formula is C52H53N7O5. The number of ether oxygens (including phenoxy) is 1. The van der Waals surface area contributed by atoms with Crippen LogP contribution >= 0.6 is 0 Å². The Morgan fingerprint density at radius 2 is 1.56 bits per heavy atom. The summed E-state index contributed by atoms with van der Waals surface area (Å²) in [4.78, 5) is 71.5. The van der Waals surface area contributed by atoms with E-state index in [0.29, 0.717) is 18.9 Å². The van der Waals surface area contributed by atoms with Crippen LogP contribution in [0.3, 0.4) is 0 Å². The molecule has 3 aliphatic heterocycles. The molecule has 0 unspecified atom stereocenters. The zero-order chi connectivity index (χ0) is 43.8. The lowest BCUT2D eigenvalue weighted by Gasteiger charge is -2.38. The van der Waals surface area contributed by atoms with E-state index in [-0.39, 0.29) is 47.7 Å². The Bertz CT molecular complexity index is 2900. The van der Waals surface area contributed by atoms with Gasteiger partial charge in [0.25, 0.3) is 5.91 Å². The minimum absolute atomic E-state index is 0.00794. The third-order valence-electron chi connectivity index (χ3n) is 14.6. The topological polar surface area (TPSA) is 149 Å². The Hall–Kier alpha value is -6.56. The number of rotatable bonds is 10. The van der Waals surface area contributed by atoms with Gasteiger partial charge in [0.2, 0.25) is 11.8 Å². The molecule has 2 saturated carbocycles. The summed E-state index contributed by atoms with van der Waals surface area (Å²) >= 11 is 0. The van der Waals surface area contributed by atoms with Gasteiger partial charge >= 0.3 is 6.09 Å². The van der Waals surface area contributed by atoms with E-state index in [1.165, 1.54) is 18.1 Å². The van der Waals surface area contributed by atoms with E-state index < -0.39 is 18.2 Å². The van der Waals surface area contributed by atoms with Crippen LogP contribution in [0.15, 0.2) is 96.0 Å². The summed E-state index contributed by atoms with van der Waals surface area (Å²) in [6.45, 7) is 4.43. The van der Waals surface area contributed by atoms with Gasteiger partial charge in [-0.05, 0) is 119 Å². The highest BCUT2D eigenvalue weighted by atomic mass is 16.5. The highest BCUT2D eigenvalue weighted by Crippen LogP contribution is 2.47. The Morgan fingerprint density at radius 1 is 0.812 bits per heavy atom. The van der Waals surface area contributed by atoms with Gasteiger partial charge in [-0.2, -0.15) is 0 Å². The van der Waals surface area contributed by atoms with Crippen molar-refractivity contribution in [2.75, 3.05) is 13.7 Å². The number of carbonyl (C=O) groups excluding carboxylic acids is 4. The van der Waals surface area contributed by atoms with Crippen molar-refractivity contribution in [2.45, 2.75) is 95.4 Å². The molecule has 2 saturated heterocycles. The molecule has 12 heteroatoms. The zero-order valence-electron chi connectivity index (χ0n) is 36.5. The molecule has 64 heavy (non-hydrogen) atoms. The first-order valence-electron chi connectivity index (χ1n) is 23.0. The summed E-state index contributed by atoms with van der Waals surface area (Å²) in [5.41, 5.74) is 8.05. The molecule has 4 amide bonds. The first-order chi connectivity index (χ1) is 31.1. The molecule has 0 spiro atoms. The average Bonchev–Trinajstić information content (AvgIpc) is 3.80. The third-order valence-corrected chi connectivity index (χ3v) is 14.6. The lowest BCUT2D eigenvalue weighted by atomic mass is 9.90. The van der Waals surface area contributed by atoms with E-state index in [1.54, 1.807) is 0 Å². The average molecular weight is 856 g/mol. The number of aliphatic imine (C=N–C) groups is 1. The number of carbonyl (C=O) groups is 4. The summed E-state index contributed by atoms with van der Waals surface area (Å²) in [6.07, 6.45) is 6.52. The number of nitrogens with one attached hydrogen (secondary N) is 3. The normalized spacial score (nSPS) is 22.3. The van der Waals surface area contributed by atoms with Crippen LogP contribution in [0.5, 0.6) is 0 Å². The quantitative estimate of drug-likeness (QED) is 0.125. The number of H-pyrrole nitrogens is 1. The van der Waals surface area contributed by atoms with E-state index in [4.69, 9.17) is 14.7 Å². The van der Waals surface area contributed by atoms with Crippen molar-refractivity contribution in [2.24, 2.45) is 22.7 Å². The van der Waals surface area contributed by atoms with E-state index >= 15 is 0 Å². The minimum atomic E-state index is -0.709. The number of aromatic amines is 1. The molecule has 1 aromatic heterocycles. The van der Waals surface area contributed by atoms with Crippen LogP contribution in [0.1, 0.15) is 87.8 Å². The summed E-state index contributed by atoms with van der Waals surface area (Å²) in [5, 5.41) is 10.3. The SMILES string of the molecule is COC(=O)N[C@H](C(=O)N1CCC[C@H]1c1nc2c(ccc3cc(-c4ccc5c6c(ccc5c4)N=C([C@@H]4[C@H]5CC[C@H](C5)N4C(=O)[C@H](NC(=O)C4CC4)c4ccccc4)C6)ccc32)[nH]1)C(C)C. The van der Waals surface area contributed by atoms with Gasteiger partial charge in [-0.3, -0.25) is 19.4 Å². The molecule has 2 aliphatic carbocycles. The maximum atomic E-state index is 14.7. The van der Waals surface area contributed by atoms with E-state index in [2.05, 4.69) is 81.2 Å². The molecule has 326 valence electrons. The van der Waals surface area contributed by atoms with Crippen LogP contribution in [0.4, 0.5) is 10.5 Å². The fourth-order valence-corrected chi connectivity index (χ4v) is 11.2. The summed E-state index contributed by atoms with van der Waals surface area (Å²) in [7, 11) is 1.30. The monoisotopic (exact) mass is 855 g/mol. The molecule has 5 aromatic carbocycles. The fourth-order valence-electron chi connectivity index (χ4n) is 11.2. The van der Waals surface area contributed by atoms with Crippen molar-refractivity contribution in [3.8, 4) is 11.1 Å². The Morgan fingerprint density at radius 3 is 2.31 bits per heavy atom. The summed E-state index contributed by atoms with van der Waals surface area (Å²) in [5.74, 6) is 0.833. The van der Waals surface area contributed by atoms with Crippen LogP contribution in [-0.4, -0.2) is 81.1 Å². The number of methoxy groups -OCH3 is 1. The number of nitrogens with zero attached hydrogens (tertiary/aromatic N) is 4. The number of amides is 4. The van der Waals surface area contributed by atoms with Crippen molar-refractivity contribution in [1.29, 1.82) is 0 Å². The van der Waals surface area contributed by atoms with Gasteiger partial charge in [0.15, 0.2) is 0 Å². The lowest BCUT2D eigenvalue weighted by Crippen LogP contribution is -2.53. The fraction of sp³-hybridized carbons (Fsp3) is 0.385. The number of fused-ring (bicyclic) bond motifs is 8. The number of likely N-dealkylation sites (tertiary alicyclic amines) is 2. The van der Waals surface area contributed by atoms with E-state index in [1.807, 2.05) is 49.1 Å². The second-order valence-corrected chi connectivity index (χ2v) is 18.9. The van der Waals surface area contributed by atoms with Gasteiger partial charge in [-0.1, -0.05) is 80.6 Å². The Kier molecular flexibility index (Phi) is 10.00. The van der Waals surface area contributed by atoms with Crippen LogP contribution in [0.25, 0.3) is 43.7 Å². The van der Waals surface area contributed by atoms with Gasteiger partial charge in [-0.25, -0.2) is 9.78 Å². The number of aromatic nitrogens is 2. The molecule has 12 nitrogen and oxygen atoms in total. The predicted molar refractivity (Wildman–Crippen MR) is 247 cm³/mol. The standard InChI is InChI=1S/C52H53N7O5/c1-28(2)44(57-52(63)64-3)50(61)58-23-7-10-43(58)48-54-41-22-17-34-25-32(15-20-38(34)46(41)55-48)31-14-19-37-33(24-31)16-21-40-39(37)27-42(53-40)47-35-13-18-36(26-35)59(47)51(62)45(29-8-5-4-6-9-29)56-49(60)30-11-12-30/h4-6,8-9,14-17,19-22,24-25,28,30,35-36,43-45,47H,7,10-13,18,23,26-27H2,1-3H3,(H,54,55)(H,56,60)(H,57,63)/t35-,36+,43-,44-,45+,47-/m0/s1. The maximum absolute atomic E-state index is 14.7. The Labute approximate surface area is 371 Å². The number of imidazole rings is 1. The molecule has 6 aromatic rings. The number of hydrogen-bond donors (Lipinski definition) is 3. The molecule has 3 N–H and O–H groups in total. The van der Waals surface area contributed by atoms with Crippen LogP contribution in [-0.2, 0) is 25.5 Å². The molecule has 11 rings (SSSR count). The lowest BCUT2D eigenvalue weighted by molar-refractivity contribution is -0.139. The van der Waals surface area contributed by atoms with Gasteiger partial charge < -0.3 is 30.2 Å². The smallest absolute Gasteiger partial charge is 0.407 e. The van der Waals surface area contributed by atoms with E-state index in [0.717, 1.165) is 106 Å². The zero-order valence-corrected chi connectivity index (χ0v) is 36.5. The highest BCUT2D eigenvalue weighted by Gasteiger charge is 2.52. The molecule has 2 bridgehead atoms. The number of piperidine rings is 1. The largest absolute Gasteiger partial charge is 0.453 e. The maximum Gasteiger partial charge on any atom is 0.407 e. The van der Waals surface area contributed by atoms with Crippen molar-refractivity contribution in [1.82, 2.24) is 30.4 Å². The van der Waals surface area contributed by atoms with Crippen molar-refractivity contribution < 1.29 is 23.9 Å². The predicted octanol–water partition coefficient (Wildman–Crippen LogP) is 8.86. The molecule has 6 atom stereocenters. The first-order valence-corrected chi connectivity index (χ1v) is 23.0. The van der Waals surface area contributed by atoms with Gasteiger partial charge in [-0.15, -0.1) is 0 Å². The first kappa shape index (κ1) is 40.2. The van der Waals surface area contributed by atoms with Crippen molar-refractivity contribution in [3.63, 3.8) is 0 Å².